The molecule has 4 atom stereocenters. The van der Waals surface area contributed by atoms with Gasteiger partial charge in [-0.1, -0.05) is 27.7 Å². The van der Waals surface area contributed by atoms with Crippen molar-refractivity contribution in [3.05, 3.63) is 35.4 Å². The van der Waals surface area contributed by atoms with Crippen LogP contribution in [0, 0.1) is 0 Å². The van der Waals surface area contributed by atoms with Gasteiger partial charge >= 0.3 is 0 Å². The van der Waals surface area contributed by atoms with Crippen LogP contribution in [0.4, 0.5) is 20.2 Å². The minimum absolute atomic E-state index is 0.00307. The Morgan fingerprint density at radius 2 is 1.04 bits per heavy atom. The lowest BCUT2D eigenvalue weighted by Gasteiger charge is -2.31. The Bertz CT molecular complexity index is 1380. The van der Waals surface area contributed by atoms with Crippen LogP contribution in [0.25, 0.3) is 0 Å². The molecule has 2 aliphatic heterocycles. The number of carbonyl (C=O) groups is 2. The molecule has 0 spiro atoms. The number of hydrogen-bond donors (Lipinski definition) is 2. The fourth-order valence-corrected chi connectivity index (χ4v) is 12.0. The first-order valence-corrected chi connectivity index (χ1v) is 21.3. The Morgan fingerprint density at radius 1 is 0.686 bits per heavy atom. The number of halogens is 2. The van der Waals surface area contributed by atoms with E-state index in [0.717, 1.165) is 23.0 Å². The minimum atomic E-state index is -1.11. The molecule has 2 aromatic rings. The van der Waals surface area contributed by atoms with Gasteiger partial charge in [-0.05, 0) is 35.1 Å². The highest BCUT2D eigenvalue weighted by atomic mass is 32.2. The van der Waals surface area contributed by atoms with E-state index in [9.17, 15) is 18.4 Å². The van der Waals surface area contributed by atoms with Gasteiger partial charge in [-0.15, -0.1) is 47.0 Å². The second-order valence-corrected chi connectivity index (χ2v) is 18.1. The zero-order valence-corrected chi connectivity index (χ0v) is 33.3. The molecule has 0 aromatic heterocycles. The van der Waals surface area contributed by atoms with Crippen molar-refractivity contribution in [1.29, 1.82) is 0 Å². The number of hydrogen-bond acceptors (Lipinski definition) is 12. The number of ether oxygens (including phenoxy) is 4. The highest BCUT2D eigenvalue weighted by Crippen LogP contribution is 2.41. The molecule has 51 heavy (non-hydrogen) atoms. The van der Waals surface area contributed by atoms with Crippen molar-refractivity contribution < 1.29 is 37.3 Å². The molecule has 2 fully saturated rings. The highest BCUT2D eigenvalue weighted by Gasteiger charge is 2.42. The van der Waals surface area contributed by atoms with Crippen LogP contribution in [-0.4, -0.2) is 112 Å². The number of carbonyl (C=O) groups excluding carboxylic acids is 2. The van der Waals surface area contributed by atoms with E-state index < -0.39 is 12.3 Å². The average molecular weight is 789 g/mol. The van der Waals surface area contributed by atoms with Gasteiger partial charge in [-0.2, -0.15) is 0 Å². The van der Waals surface area contributed by atoms with Crippen molar-refractivity contribution in [3.8, 4) is 23.0 Å². The van der Waals surface area contributed by atoms with E-state index in [0.29, 0.717) is 0 Å². The lowest BCUT2D eigenvalue weighted by atomic mass is 10.1. The Kier molecular flexibility index (Phi) is 15.8. The number of methoxy groups -OCH3 is 2. The minimum Gasteiger partial charge on any atom is -0.493 e. The van der Waals surface area contributed by atoms with E-state index in [-0.39, 0.29) is 111 Å². The SMILES string of the molecule is CCSC(SCC)[C@@H]1C[C@H](F)CN1C(=O)c1cc(OC)c(OCOc2cc(N)c(C(=O)N3C[C@@H](F)C[C@H]3C(SCC)SCC)cc2OC)cc1N. The number of alkyl halides is 2. The quantitative estimate of drug-likeness (QED) is 0.119. The summed E-state index contributed by atoms with van der Waals surface area (Å²) in [4.78, 5) is 30.7. The molecule has 2 saturated heterocycles. The number of amides is 2. The van der Waals surface area contributed by atoms with E-state index in [2.05, 4.69) is 27.7 Å². The summed E-state index contributed by atoms with van der Waals surface area (Å²) in [5.74, 6) is 3.62. The van der Waals surface area contributed by atoms with Gasteiger partial charge in [-0.3, -0.25) is 9.59 Å². The molecule has 284 valence electrons. The van der Waals surface area contributed by atoms with E-state index in [4.69, 9.17) is 30.4 Å². The number of nitrogens with zero attached hydrogens (tertiary/aromatic N) is 2. The Morgan fingerprint density at radius 3 is 1.35 bits per heavy atom. The number of anilines is 2. The van der Waals surface area contributed by atoms with Crippen LogP contribution in [0.15, 0.2) is 24.3 Å². The lowest BCUT2D eigenvalue weighted by molar-refractivity contribution is 0.0731. The predicted molar refractivity (Wildman–Crippen MR) is 210 cm³/mol. The van der Waals surface area contributed by atoms with E-state index in [1.54, 1.807) is 56.8 Å². The summed E-state index contributed by atoms with van der Waals surface area (Å²) >= 11 is 6.86. The van der Waals surface area contributed by atoms with Crippen molar-refractivity contribution in [2.24, 2.45) is 0 Å². The monoisotopic (exact) mass is 788 g/mol. The molecule has 0 unspecified atom stereocenters. The van der Waals surface area contributed by atoms with Crippen LogP contribution in [0.1, 0.15) is 61.3 Å². The van der Waals surface area contributed by atoms with Gasteiger partial charge in [0.25, 0.3) is 11.8 Å². The largest absolute Gasteiger partial charge is 0.493 e. The molecule has 0 aliphatic carbocycles. The van der Waals surface area contributed by atoms with Gasteiger partial charge in [0.2, 0.25) is 6.79 Å². The van der Waals surface area contributed by atoms with Crippen molar-refractivity contribution >= 4 is 70.2 Å². The summed E-state index contributed by atoms with van der Waals surface area (Å²) in [7, 11) is 2.88. The summed E-state index contributed by atoms with van der Waals surface area (Å²) in [6.07, 6.45) is -1.66. The molecule has 4 N–H and O–H groups in total. The average Bonchev–Trinajstić information content (AvgIpc) is 3.70. The molecule has 2 aromatic carbocycles. The topological polar surface area (TPSA) is 130 Å². The van der Waals surface area contributed by atoms with Crippen LogP contribution < -0.4 is 30.4 Å². The summed E-state index contributed by atoms with van der Waals surface area (Å²) in [5.41, 5.74) is 13.4. The first kappa shape index (κ1) is 41.2. The lowest BCUT2D eigenvalue weighted by Crippen LogP contribution is -2.41. The Balaban J connectivity index is 1.49. The molecule has 0 radical (unpaired) electrons. The van der Waals surface area contributed by atoms with Gasteiger partial charge in [0.1, 0.15) is 12.3 Å². The van der Waals surface area contributed by atoms with Gasteiger partial charge in [0.15, 0.2) is 23.0 Å². The smallest absolute Gasteiger partial charge is 0.256 e. The highest BCUT2D eigenvalue weighted by molar-refractivity contribution is 8.17. The predicted octanol–water partition coefficient (Wildman–Crippen LogP) is 7.05. The molecule has 10 nitrogen and oxygen atoms in total. The maximum Gasteiger partial charge on any atom is 0.256 e. The normalized spacial score (nSPS) is 20.4. The van der Waals surface area contributed by atoms with Crippen LogP contribution >= 0.6 is 47.0 Å². The van der Waals surface area contributed by atoms with E-state index in [1.807, 2.05) is 0 Å². The molecule has 4 rings (SSSR count). The summed E-state index contributed by atoms with van der Waals surface area (Å²) in [6, 6.07) is 5.42. The van der Waals surface area contributed by atoms with Crippen molar-refractivity contribution in [2.45, 2.75) is 74.1 Å². The number of rotatable bonds is 18. The third-order valence-corrected chi connectivity index (χ3v) is 14.2. The van der Waals surface area contributed by atoms with Gasteiger partial charge in [-0.25, -0.2) is 8.78 Å². The van der Waals surface area contributed by atoms with E-state index >= 15 is 0 Å². The first-order valence-electron chi connectivity index (χ1n) is 17.1. The number of benzene rings is 2. The number of thioether (sulfide) groups is 4. The fourth-order valence-electron chi connectivity index (χ4n) is 6.34. The van der Waals surface area contributed by atoms with Crippen LogP contribution in [0.5, 0.6) is 23.0 Å². The molecule has 2 aliphatic rings. The van der Waals surface area contributed by atoms with Gasteiger partial charge < -0.3 is 40.2 Å². The van der Waals surface area contributed by atoms with Crippen molar-refractivity contribution in [1.82, 2.24) is 9.80 Å². The second kappa shape index (κ2) is 19.5. The fraction of sp³-hybridized carbons (Fsp3) is 0.600. The zero-order chi connectivity index (χ0) is 37.2. The number of likely N-dealkylation sites (tertiary alicyclic amines) is 2. The van der Waals surface area contributed by atoms with Gasteiger partial charge in [0.05, 0.1) is 59.7 Å². The molecular formula is C35H50F2N4O6S4. The molecule has 16 heteroatoms. The van der Waals surface area contributed by atoms with Crippen molar-refractivity contribution in [3.63, 3.8) is 0 Å². The maximum atomic E-state index is 14.7. The van der Waals surface area contributed by atoms with Crippen LogP contribution in [-0.2, 0) is 0 Å². The maximum absolute atomic E-state index is 14.7. The third kappa shape index (κ3) is 9.91. The summed E-state index contributed by atoms with van der Waals surface area (Å²) in [5, 5.41) is 0. The second-order valence-electron chi connectivity index (χ2n) is 11.9. The number of nitrogens with two attached hydrogens (primary N) is 2. The summed E-state index contributed by atoms with van der Waals surface area (Å²) in [6.45, 7) is 7.89. The van der Waals surface area contributed by atoms with Crippen molar-refractivity contribution in [2.75, 3.05) is 68.6 Å². The van der Waals surface area contributed by atoms with Gasteiger partial charge in [0, 0.05) is 36.3 Å². The third-order valence-electron chi connectivity index (χ3n) is 8.62. The zero-order valence-electron chi connectivity index (χ0n) is 30.0. The molecule has 2 amide bonds. The molecular weight excluding hydrogens is 739 g/mol. The first-order chi connectivity index (χ1) is 24.5. The van der Waals surface area contributed by atoms with E-state index in [1.165, 1.54) is 38.5 Å². The standard InChI is InChI=1S/C35H50F2N4O6S4/c1-7-48-34(49-8-2)26-11-20(36)17-40(26)32(42)22-13-28(44-5)30(15-24(22)38)46-19-47-31-16-25(39)23(14-29(31)45-6)33(43)41-18-21(37)12-27(41)35(50-9-3)51-10-4/h13-16,20-21,26-27,34-35H,7-12,17-19,38-39H2,1-6H3/t20-,21-,26-,27-/m0/s1. The Hall–Kier alpha value is -2.56. The molecule has 2 heterocycles. The number of nitrogen functional groups attached to an aromatic ring is 2. The molecule has 0 bridgehead atoms. The van der Waals surface area contributed by atoms with Crippen LogP contribution in [0.2, 0.25) is 0 Å². The molecule has 0 saturated carbocycles. The van der Waals surface area contributed by atoms with Crippen LogP contribution in [0.3, 0.4) is 0 Å². The summed E-state index contributed by atoms with van der Waals surface area (Å²) < 4.78 is 52.3. The Labute approximate surface area is 317 Å².